The van der Waals surface area contributed by atoms with Crippen LogP contribution < -0.4 is 5.73 Å². The van der Waals surface area contributed by atoms with Gasteiger partial charge in [-0.05, 0) is 46.3 Å². The summed E-state index contributed by atoms with van der Waals surface area (Å²) in [6, 6.07) is 7.89. The summed E-state index contributed by atoms with van der Waals surface area (Å²) in [4.78, 5) is 5.08. The van der Waals surface area contributed by atoms with Gasteiger partial charge in [-0.2, -0.15) is 4.98 Å². The molecule has 0 radical (unpaired) electrons. The quantitative estimate of drug-likeness (QED) is 0.767. The molecule has 0 amide bonds. The van der Waals surface area contributed by atoms with Gasteiger partial charge in [-0.3, -0.25) is 0 Å². The molecule has 0 saturated carbocycles. The maximum Gasteiger partial charge on any atom is 0.268 e. The van der Waals surface area contributed by atoms with Gasteiger partial charge in [0, 0.05) is 10.0 Å². The molecule has 0 aliphatic carbocycles. The molecule has 3 rings (SSSR count). The number of halogens is 2. The molecule has 0 unspecified atom stereocenters. The minimum atomic E-state index is -0.328. The molecule has 2 aromatic heterocycles. The van der Waals surface area contributed by atoms with Gasteiger partial charge >= 0.3 is 0 Å². The molecule has 19 heavy (non-hydrogen) atoms. The van der Waals surface area contributed by atoms with E-state index in [2.05, 4.69) is 26.1 Å². The monoisotopic (exact) mass is 339 g/mol. The van der Waals surface area contributed by atoms with Crippen LogP contribution >= 0.6 is 27.3 Å². The minimum absolute atomic E-state index is 0.328. The minimum Gasteiger partial charge on any atom is -0.391 e. The number of aromatic nitrogens is 2. The molecule has 3 aromatic rings. The number of hydrogen-bond acceptors (Lipinski definition) is 5. The maximum absolute atomic E-state index is 13.0. The van der Waals surface area contributed by atoms with Crippen molar-refractivity contribution in [2.45, 2.75) is 0 Å². The topological polar surface area (TPSA) is 64.9 Å². The second kappa shape index (κ2) is 4.75. The van der Waals surface area contributed by atoms with Gasteiger partial charge in [0.25, 0.3) is 5.89 Å². The van der Waals surface area contributed by atoms with Crippen molar-refractivity contribution in [2.75, 3.05) is 5.73 Å². The Hall–Kier alpha value is -1.73. The lowest BCUT2D eigenvalue weighted by Gasteiger charge is -1.97. The summed E-state index contributed by atoms with van der Waals surface area (Å²) in [6.07, 6.45) is 0. The molecular weight excluding hydrogens is 333 g/mol. The first kappa shape index (κ1) is 12.3. The van der Waals surface area contributed by atoms with Gasteiger partial charge in [0.05, 0.1) is 9.88 Å². The summed E-state index contributed by atoms with van der Waals surface area (Å²) in [5, 5.41) is 4.57. The number of anilines is 1. The molecule has 4 nitrogen and oxygen atoms in total. The molecule has 96 valence electrons. The van der Waals surface area contributed by atoms with Crippen LogP contribution in [-0.2, 0) is 0 Å². The maximum atomic E-state index is 13.0. The first-order chi connectivity index (χ1) is 9.13. The van der Waals surface area contributed by atoms with E-state index < -0.39 is 0 Å². The molecule has 1 aromatic carbocycles. The highest BCUT2D eigenvalue weighted by Gasteiger charge is 2.14. The summed E-state index contributed by atoms with van der Waals surface area (Å²) in [5.41, 5.74) is 6.32. The number of nitrogen functional groups attached to an aromatic ring is 1. The van der Waals surface area contributed by atoms with Crippen LogP contribution in [0.4, 0.5) is 9.39 Å². The van der Waals surface area contributed by atoms with Crippen molar-refractivity contribution in [2.24, 2.45) is 0 Å². The smallest absolute Gasteiger partial charge is 0.268 e. The van der Waals surface area contributed by atoms with E-state index in [1.165, 1.54) is 23.5 Å². The molecule has 0 aliphatic rings. The van der Waals surface area contributed by atoms with Gasteiger partial charge in [-0.25, -0.2) is 4.39 Å². The van der Waals surface area contributed by atoms with Crippen molar-refractivity contribution in [1.82, 2.24) is 10.1 Å². The fraction of sp³-hybridized carbons (Fsp3) is 0. The SMILES string of the molecule is Nc1ccc(-c2nc(-c3ccc(F)cc3Br)no2)s1. The van der Waals surface area contributed by atoms with Crippen molar-refractivity contribution >= 4 is 32.3 Å². The second-order valence-electron chi connectivity index (χ2n) is 3.75. The number of nitrogens with zero attached hydrogens (tertiary/aromatic N) is 2. The van der Waals surface area contributed by atoms with E-state index in [0.717, 1.165) is 4.88 Å². The van der Waals surface area contributed by atoms with Crippen molar-refractivity contribution < 1.29 is 8.91 Å². The number of benzene rings is 1. The number of hydrogen-bond donors (Lipinski definition) is 1. The van der Waals surface area contributed by atoms with Gasteiger partial charge in [0.2, 0.25) is 5.82 Å². The standard InChI is InChI=1S/C12H7BrFN3OS/c13-8-5-6(14)1-2-7(8)11-16-12(18-17-11)9-3-4-10(15)19-9/h1-5H,15H2. The highest BCUT2D eigenvalue weighted by Crippen LogP contribution is 2.32. The number of nitrogens with two attached hydrogens (primary N) is 1. The Bertz CT molecular complexity index is 740. The number of thiophene rings is 1. The van der Waals surface area contributed by atoms with Crippen LogP contribution in [-0.4, -0.2) is 10.1 Å². The van der Waals surface area contributed by atoms with Gasteiger partial charge in [-0.1, -0.05) is 5.16 Å². The molecule has 2 heterocycles. The van der Waals surface area contributed by atoms with E-state index in [1.54, 1.807) is 12.1 Å². The van der Waals surface area contributed by atoms with Crippen LogP contribution in [0.1, 0.15) is 0 Å². The highest BCUT2D eigenvalue weighted by molar-refractivity contribution is 9.10. The highest BCUT2D eigenvalue weighted by atomic mass is 79.9. The summed E-state index contributed by atoms with van der Waals surface area (Å²) >= 11 is 4.64. The molecule has 0 aliphatic heterocycles. The Labute approximate surface area is 120 Å². The molecule has 0 fully saturated rings. The third kappa shape index (κ3) is 2.39. The van der Waals surface area contributed by atoms with Crippen LogP contribution in [0.5, 0.6) is 0 Å². The van der Waals surface area contributed by atoms with E-state index in [9.17, 15) is 4.39 Å². The third-order valence-electron chi connectivity index (χ3n) is 2.44. The Balaban J connectivity index is 2.01. The lowest BCUT2D eigenvalue weighted by atomic mass is 10.2. The average molecular weight is 340 g/mol. The lowest BCUT2D eigenvalue weighted by Crippen LogP contribution is -1.84. The van der Waals surface area contributed by atoms with E-state index in [1.807, 2.05) is 6.07 Å². The van der Waals surface area contributed by atoms with E-state index in [4.69, 9.17) is 10.3 Å². The predicted molar refractivity (Wildman–Crippen MR) is 75.1 cm³/mol. The second-order valence-corrected chi connectivity index (χ2v) is 5.72. The normalized spacial score (nSPS) is 10.8. The molecule has 0 atom stereocenters. The fourth-order valence-electron chi connectivity index (χ4n) is 1.57. The van der Waals surface area contributed by atoms with Crippen molar-refractivity contribution in [3.63, 3.8) is 0 Å². The summed E-state index contributed by atoms with van der Waals surface area (Å²) < 4.78 is 18.8. The molecule has 2 N–H and O–H groups in total. The zero-order chi connectivity index (χ0) is 13.4. The summed E-state index contributed by atoms with van der Waals surface area (Å²) in [7, 11) is 0. The Morgan fingerprint density at radius 1 is 1.26 bits per heavy atom. The lowest BCUT2D eigenvalue weighted by molar-refractivity contribution is 0.433. The van der Waals surface area contributed by atoms with Gasteiger partial charge in [0.15, 0.2) is 0 Å². The van der Waals surface area contributed by atoms with E-state index in [0.29, 0.717) is 26.8 Å². The summed E-state index contributed by atoms with van der Waals surface area (Å²) in [6.45, 7) is 0. The van der Waals surface area contributed by atoms with Gasteiger partial charge < -0.3 is 10.3 Å². The zero-order valence-electron chi connectivity index (χ0n) is 9.43. The third-order valence-corrected chi connectivity index (χ3v) is 3.99. The predicted octanol–water partition coefficient (Wildman–Crippen LogP) is 3.95. The average Bonchev–Trinajstić information content (AvgIpc) is 2.97. The first-order valence-electron chi connectivity index (χ1n) is 5.28. The van der Waals surface area contributed by atoms with Crippen LogP contribution in [0.3, 0.4) is 0 Å². The number of rotatable bonds is 2. The molecule has 0 bridgehead atoms. The van der Waals surface area contributed by atoms with Crippen molar-refractivity contribution in [1.29, 1.82) is 0 Å². The van der Waals surface area contributed by atoms with E-state index >= 15 is 0 Å². The Morgan fingerprint density at radius 3 is 2.79 bits per heavy atom. The van der Waals surface area contributed by atoms with Crippen molar-refractivity contribution in [3.8, 4) is 22.2 Å². The fourth-order valence-corrected chi connectivity index (χ4v) is 2.80. The summed E-state index contributed by atoms with van der Waals surface area (Å²) in [5.74, 6) is 0.465. The molecule has 0 spiro atoms. The molecular formula is C12H7BrFN3OS. The molecule has 7 heteroatoms. The van der Waals surface area contributed by atoms with Crippen LogP contribution in [0, 0.1) is 5.82 Å². The van der Waals surface area contributed by atoms with Crippen molar-refractivity contribution in [3.05, 3.63) is 40.6 Å². The van der Waals surface area contributed by atoms with Crippen LogP contribution in [0.25, 0.3) is 22.2 Å². The first-order valence-corrected chi connectivity index (χ1v) is 6.89. The molecule has 0 saturated heterocycles. The Morgan fingerprint density at radius 2 is 2.11 bits per heavy atom. The Kier molecular flexibility index (Phi) is 3.08. The van der Waals surface area contributed by atoms with E-state index in [-0.39, 0.29) is 5.82 Å². The largest absolute Gasteiger partial charge is 0.391 e. The zero-order valence-corrected chi connectivity index (χ0v) is 11.8. The van der Waals surface area contributed by atoms with Gasteiger partial charge in [0.1, 0.15) is 5.82 Å². The van der Waals surface area contributed by atoms with Gasteiger partial charge in [-0.15, -0.1) is 11.3 Å². The van der Waals surface area contributed by atoms with Crippen LogP contribution in [0.15, 0.2) is 39.3 Å². The van der Waals surface area contributed by atoms with Crippen LogP contribution in [0.2, 0.25) is 0 Å².